The van der Waals surface area contributed by atoms with Crippen molar-refractivity contribution in [2.45, 2.75) is 31.3 Å². The Morgan fingerprint density at radius 2 is 1.59 bits per heavy atom. The van der Waals surface area contributed by atoms with Crippen molar-refractivity contribution < 1.29 is 22.7 Å². The van der Waals surface area contributed by atoms with Crippen LogP contribution in [0.25, 0.3) is 0 Å². The molecule has 0 saturated heterocycles. The number of carbonyl (C=O) groups is 2. The fourth-order valence-electron chi connectivity index (χ4n) is 3.73. The molecule has 0 fully saturated rings. The van der Waals surface area contributed by atoms with E-state index in [0.717, 1.165) is 4.31 Å². The molecule has 0 aliphatic carbocycles. The normalized spacial score (nSPS) is 11.9. The first kappa shape index (κ1) is 28.0. The topological polar surface area (TPSA) is 96.0 Å². The van der Waals surface area contributed by atoms with Crippen LogP contribution in [0.1, 0.15) is 19.4 Å². The van der Waals surface area contributed by atoms with Crippen LogP contribution in [0.5, 0.6) is 5.75 Å². The van der Waals surface area contributed by atoms with Crippen molar-refractivity contribution in [2.24, 2.45) is 0 Å². The van der Waals surface area contributed by atoms with Crippen molar-refractivity contribution in [1.82, 2.24) is 10.2 Å². The molecule has 8 nitrogen and oxygen atoms in total. The molecule has 196 valence electrons. The minimum absolute atomic E-state index is 0.00427. The fourth-order valence-corrected chi connectivity index (χ4v) is 5.34. The van der Waals surface area contributed by atoms with Gasteiger partial charge in [-0.15, -0.1) is 0 Å². The summed E-state index contributed by atoms with van der Waals surface area (Å²) in [6.07, 6.45) is 0. The van der Waals surface area contributed by atoms with Crippen LogP contribution < -0.4 is 14.4 Å². The number of amides is 2. The monoisotopic (exact) mass is 543 g/mol. The summed E-state index contributed by atoms with van der Waals surface area (Å²) in [5, 5.41) is 2.98. The van der Waals surface area contributed by atoms with E-state index >= 15 is 0 Å². The molecular formula is C27H30ClN3O5S. The minimum atomic E-state index is -4.14. The number of sulfonamides is 1. The number of benzene rings is 3. The Balaban J connectivity index is 2.00. The van der Waals surface area contributed by atoms with E-state index in [2.05, 4.69) is 5.32 Å². The van der Waals surface area contributed by atoms with Gasteiger partial charge >= 0.3 is 0 Å². The summed E-state index contributed by atoms with van der Waals surface area (Å²) in [7, 11) is -2.67. The van der Waals surface area contributed by atoms with Gasteiger partial charge in [0.1, 0.15) is 18.3 Å². The average molecular weight is 544 g/mol. The molecular weight excluding hydrogens is 514 g/mol. The number of hydrogen-bond acceptors (Lipinski definition) is 5. The van der Waals surface area contributed by atoms with Gasteiger partial charge in [0.05, 0.1) is 17.2 Å². The average Bonchev–Trinajstić information content (AvgIpc) is 2.91. The van der Waals surface area contributed by atoms with Crippen molar-refractivity contribution >= 4 is 39.1 Å². The lowest BCUT2D eigenvalue weighted by atomic mass is 10.1. The predicted molar refractivity (Wildman–Crippen MR) is 144 cm³/mol. The first-order valence-electron chi connectivity index (χ1n) is 11.7. The van der Waals surface area contributed by atoms with Gasteiger partial charge in [-0.3, -0.25) is 13.9 Å². The Bertz CT molecular complexity index is 1320. The number of carbonyl (C=O) groups excluding carboxylic acids is 2. The Kier molecular flexibility index (Phi) is 9.54. The molecule has 0 unspecified atom stereocenters. The molecule has 0 bridgehead atoms. The number of nitrogens with one attached hydrogen (secondary N) is 1. The number of para-hydroxylation sites is 1. The SMILES string of the molecule is CCOc1ccc(S(=O)(=O)N(CC(=O)N(Cc2ccccc2Cl)[C@H](C)C(=O)NC)c2ccccc2)cc1. The minimum Gasteiger partial charge on any atom is -0.494 e. The summed E-state index contributed by atoms with van der Waals surface area (Å²) in [4.78, 5) is 27.5. The number of ether oxygens (including phenoxy) is 1. The lowest BCUT2D eigenvalue weighted by Gasteiger charge is -2.32. The quantitative estimate of drug-likeness (QED) is 0.393. The van der Waals surface area contributed by atoms with Crippen molar-refractivity contribution in [3.63, 3.8) is 0 Å². The van der Waals surface area contributed by atoms with E-state index in [1.807, 2.05) is 6.92 Å². The number of likely N-dealkylation sites (N-methyl/N-ethyl adjacent to an activating group) is 1. The zero-order valence-corrected chi connectivity index (χ0v) is 22.5. The van der Waals surface area contributed by atoms with E-state index in [-0.39, 0.29) is 17.3 Å². The number of hydrogen-bond donors (Lipinski definition) is 1. The molecule has 3 aromatic rings. The second-order valence-electron chi connectivity index (χ2n) is 8.15. The second kappa shape index (κ2) is 12.6. The third-order valence-corrected chi connectivity index (χ3v) is 7.91. The molecule has 10 heteroatoms. The van der Waals surface area contributed by atoms with Crippen LogP contribution in [0.4, 0.5) is 5.69 Å². The zero-order chi connectivity index (χ0) is 27.0. The van der Waals surface area contributed by atoms with Gasteiger partial charge < -0.3 is 15.0 Å². The van der Waals surface area contributed by atoms with Crippen molar-refractivity contribution in [3.05, 3.63) is 89.4 Å². The molecule has 0 radical (unpaired) electrons. The van der Waals surface area contributed by atoms with Gasteiger partial charge in [-0.1, -0.05) is 48.0 Å². The zero-order valence-electron chi connectivity index (χ0n) is 20.9. The van der Waals surface area contributed by atoms with Gasteiger partial charge in [-0.25, -0.2) is 8.42 Å². The summed E-state index contributed by atoms with van der Waals surface area (Å²) < 4.78 is 34.0. The molecule has 0 saturated carbocycles. The van der Waals surface area contributed by atoms with Crippen LogP contribution in [0, 0.1) is 0 Å². The van der Waals surface area contributed by atoms with Crippen LogP contribution in [0.3, 0.4) is 0 Å². The first-order valence-corrected chi connectivity index (χ1v) is 13.6. The molecule has 0 heterocycles. The molecule has 37 heavy (non-hydrogen) atoms. The standard InChI is InChI=1S/C27H30ClN3O5S/c1-4-36-23-14-16-24(17-15-23)37(34,35)31(22-11-6-5-7-12-22)19-26(32)30(20(2)27(33)29-3)18-21-10-8-9-13-25(21)28/h5-17,20H,4,18-19H2,1-3H3,(H,29,33)/t20-/m1/s1. The predicted octanol–water partition coefficient (Wildman–Crippen LogP) is 4.10. The van der Waals surface area contributed by atoms with Crippen molar-refractivity contribution in [1.29, 1.82) is 0 Å². The molecule has 3 aromatic carbocycles. The third-order valence-electron chi connectivity index (χ3n) is 5.76. The lowest BCUT2D eigenvalue weighted by Crippen LogP contribution is -2.50. The van der Waals surface area contributed by atoms with E-state index in [4.69, 9.17) is 16.3 Å². The maximum Gasteiger partial charge on any atom is 0.264 e. The van der Waals surface area contributed by atoms with Crippen LogP contribution in [-0.2, 0) is 26.2 Å². The third kappa shape index (κ3) is 6.81. The van der Waals surface area contributed by atoms with Gasteiger partial charge in [0, 0.05) is 18.6 Å². The van der Waals surface area contributed by atoms with E-state index in [9.17, 15) is 18.0 Å². The van der Waals surface area contributed by atoms with Gasteiger partial charge in [-0.2, -0.15) is 0 Å². The smallest absolute Gasteiger partial charge is 0.264 e. The molecule has 0 aliphatic heterocycles. The summed E-state index contributed by atoms with van der Waals surface area (Å²) in [5.74, 6) is -0.412. The maximum atomic E-state index is 13.7. The van der Waals surface area contributed by atoms with Crippen LogP contribution in [0.2, 0.25) is 5.02 Å². The summed E-state index contributed by atoms with van der Waals surface area (Å²) in [5.41, 5.74) is 0.948. The molecule has 3 rings (SSSR count). The summed E-state index contributed by atoms with van der Waals surface area (Å²) in [6, 6.07) is 20.5. The molecule has 0 aromatic heterocycles. The molecule has 1 atom stereocenters. The van der Waals surface area contributed by atoms with Crippen LogP contribution in [-0.4, -0.2) is 51.4 Å². The highest BCUT2D eigenvalue weighted by molar-refractivity contribution is 7.92. The number of nitrogens with zero attached hydrogens (tertiary/aromatic N) is 2. The van der Waals surface area contributed by atoms with Crippen LogP contribution in [0.15, 0.2) is 83.8 Å². The first-order chi connectivity index (χ1) is 17.7. The molecule has 1 N–H and O–H groups in total. The van der Waals surface area contributed by atoms with E-state index in [0.29, 0.717) is 28.6 Å². The van der Waals surface area contributed by atoms with Crippen LogP contribution >= 0.6 is 11.6 Å². The maximum absolute atomic E-state index is 13.7. The van der Waals surface area contributed by atoms with Crippen molar-refractivity contribution in [2.75, 3.05) is 24.5 Å². The Morgan fingerprint density at radius 3 is 2.19 bits per heavy atom. The highest BCUT2D eigenvalue weighted by atomic mass is 35.5. The number of halogens is 1. The highest BCUT2D eigenvalue weighted by Gasteiger charge is 2.32. The number of anilines is 1. The summed E-state index contributed by atoms with van der Waals surface area (Å²) in [6.45, 7) is 3.37. The van der Waals surface area contributed by atoms with E-state index < -0.39 is 28.5 Å². The molecule has 2 amide bonds. The van der Waals surface area contributed by atoms with Gasteiger partial charge in [0.15, 0.2) is 0 Å². The van der Waals surface area contributed by atoms with Gasteiger partial charge in [0.25, 0.3) is 10.0 Å². The van der Waals surface area contributed by atoms with Crippen molar-refractivity contribution in [3.8, 4) is 5.75 Å². The fraction of sp³-hybridized carbons (Fsp3) is 0.259. The Hall–Kier alpha value is -3.56. The molecule has 0 spiro atoms. The van der Waals surface area contributed by atoms with Gasteiger partial charge in [-0.05, 0) is 61.9 Å². The highest BCUT2D eigenvalue weighted by Crippen LogP contribution is 2.26. The Labute approximate surface area is 222 Å². The molecule has 0 aliphatic rings. The largest absolute Gasteiger partial charge is 0.494 e. The number of rotatable bonds is 11. The Morgan fingerprint density at radius 1 is 0.973 bits per heavy atom. The van der Waals surface area contributed by atoms with E-state index in [1.54, 1.807) is 73.7 Å². The lowest BCUT2D eigenvalue weighted by molar-refractivity contribution is -0.139. The van der Waals surface area contributed by atoms with Gasteiger partial charge in [0.2, 0.25) is 11.8 Å². The summed E-state index contributed by atoms with van der Waals surface area (Å²) >= 11 is 6.33. The second-order valence-corrected chi connectivity index (χ2v) is 10.4. The van der Waals surface area contributed by atoms with E-state index in [1.165, 1.54) is 24.1 Å².